The second kappa shape index (κ2) is 9.19. The molecule has 1 aliphatic heterocycles. The van der Waals surface area contributed by atoms with Crippen LogP contribution in [0, 0.1) is 0 Å². The maximum Gasteiger partial charge on any atom is 0.416 e. The van der Waals surface area contributed by atoms with Gasteiger partial charge in [-0.1, -0.05) is 36.4 Å². The third-order valence-electron chi connectivity index (χ3n) is 6.10. The van der Waals surface area contributed by atoms with Crippen molar-refractivity contribution >= 4 is 23.5 Å². The van der Waals surface area contributed by atoms with Crippen LogP contribution < -0.4 is 5.32 Å². The van der Waals surface area contributed by atoms with Crippen LogP contribution in [0.5, 0.6) is 0 Å². The number of hydrogen-bond donors (Lipinski definition) is 1. The van der Waals surface area contributed by atoms with Crippen molar-refractivity contribution < 1.29 is 18.0 Å². The molecule has 5 rings (SSSR count). The number of halogens is 3. The quantitative estimate of drug-likeness (QED) is 0.303. The van der Waals surface area contributed by atoms with Gasteiger partial charge in [0.1, 0.15) is 0 Å². The first-order chi connectivity index (χ1) is 16.8. The van der Waals surface area contributed by atoms with Gasteiger partial charge in [-0.25, -0.2) is 4.79 Å². The van der Waals surface area contributed by atoms with Crippen molar-refractivity contribution in [2.75, 3.05) is 11.6 Å². The van der Waals surface area contributed by atoms with E-state index in [2.05, 4.69) is 9.88 Å². The molecule has 0 fully saturated rings. The lowest BCUT2D eigenvalue weighted by molar-refractivity contribution is -0.137. The molecule has 3 aromatic carbocycles. The number of anilines is 1. The SMILES string of the molecule is CSc1ccc(C2c3cccn3-c3ccccc3CN2C(=O)Nc2cccc(C(F)(F)F)c2)cc1. The second-order valence-corrected chi connectivity index (χ2v) is 9.12. The summed E-state index contributed by atoms with van der Waals surface area (Å²) in [5.74, 6) is 0. The van der Waals surface area contributed by atoms with Crippen LogP contribution in [0.4, 0.5) is 23.7 Å². The molecule has 0 aliphatic carbocycles. The van der Waals surface area contributed by atoms with E-state index in [-0.39, 0.29) is 12.2 Å². The highest BCUT2D eigenvalue weighted by Crippen LogP contribution is 2.38. The minimum Gasteiger partial charge on any atom is -0.318 e. The number of thioether (sulfide) groups is 1. The number of nitrogens with zero attached hydrogens (tertiary/aromatic N) is 2. The molecule has 0 saturated heterocycles. The largest absolute Gasteiger partial charge is 0.416 e. The molecule has 4 nitrogen and oxygen atoms in total. The van der Waals surface area contributed by atoms with E-state index >= 15 is 0 Å². The fourth-order valence-corrected chi connectivity index (χ4v) is 4.85. The lowest BCUT2D eigenvalue weighted by atomic mass is 10.0. The lowest BCUT2D eigenvalue weighted by Gasteiger charge is -2.31. The van der Waals surface area contributed by atoms with E-state index < -0.39 is 23.8 Å². The summed E-state index contributed by atoms with van der Waals surface area (Å²) in [6, 6.07) is 23.5. The zero-order valence-electron chi connectivity index (χ0n) is 18.8. The Hall–Kier alpha value is -3.65. The van der Waals surface area contributed by atoms with Crippen LogP contribution in [-0.4, -0.2) is 21.8 Å². The topological polar surface area (TPSA) is 37.3 Å². The van der Waals surface area contributed by atoms with E-state index in [0.29, 0.717) is 0 Å². The minimum atomic E-state index is -4.50. The number of hydrogen-bond acceptors (Lipinski definition) is 2. The molecule has 35 heavy (non-hydrogen) atoms. The molecule has 0 saturated carbocycles. The van der Waals surface area contributed by atoms with E-state index in [4.69, 9.17) is 0 Å². The van der Waals surface area contributed by atoms with Gasteiger partial charge in [0.05, 0.1) is 23.8 Å². The molecule has 1 unspecified atom stereocenters. The molecular formula is C27H22F3N3OS. The smallest absolute Gasteiger partial charge is 0.318 e. The standard InChI is InChI=1S/C27H22F3N3OS/c1-35-22-13-11-18(12-14-22)25-24-10-5-15-32(24)23-9-3-2-6-19(23)17-33(25)26(34)31-21-8-4-7-20(16-21)27(28,29)30/h2-16,25H,17H2,1H3,(H,31,34). The minimum absolute atomic E-state index is 0.0919. The molecule has 178 valence electrons. The Morgan fingerprint density at radius 2 is 1.74 bits per heavy atom. The highest BCUT2D eigenvalue weighted by molar-refractivity contribution is 7.98. The molecule has 0 radical (unpaired) electrons. The fourth-order valence-electron chi connectivity index (χ4n) is 4.44. The second-order valence-electron chi connectivity index (χ2n) is 8.24. The Bertz CT molecular complexity index is 1360. The molecule has 8 heteroatoms. The van der Waals surface area contributed by atoms with Gasteiger partial charge in [-0.3, -0.25) is 0 Å². The molecule has 2 amide bonds. The number of alkyl halides is 3. The summed E-state index contributed by atoms with van der Waals surface area (Å²) < 4.78 is 41.7. The van der Waals surface area contributed by atoms with Gasteiger partial charge >= 0.3 is 12.2 Å². The van der Waals surface area contributed by atoms with Gasteiger partial charge in [0.2, 0.25) is 0 Å². The van der Waals surface area contributed by atoms with Crippen LogP contribution in [0.1, 0.15) is 28.4 Å². The summed E-state index contributed by atoms with van der Waals surface area (Å²) in [6.07, 6.45) is -0.534. The first-order valence-electron chi connectivity index (χ1n) is 11.0. The van der Waals surface area contributed by atoms with Crippen molar-refractivity contribution in [2.45, 2.75) is 23.7 Å². The van der Waals surface area contributed by atoms with Gasteiger partial charge < -0.3 is 14.8 Å². The summed E-state index contributed by atoms with van der Waals surface area (Å²) in [6.45, 7) is 0.289. The Balaban J connectivity index is 1.58. The van der Waals surface area contributed by atoms with Crippen molar-refractivity contribution in [2.24, 2.45) is 0 Å². The molecule has 2 heterocycles. The van der Waals surface area contributed by atoms with Gasteiger partial charge in [-0.05, 0) is 65.9 Å². The van der Waals surface area contributed by atoms with Gasteiger partial charge in [-0.15, -0.1) is 11.8 Å². The number of carbonyl (C=O) groups is 1. The molecule has 0 bridgehead atoms. The average molecular weight is 494 g/mol. The van der Waals surface area contributed by atoms with Crippen LogP contribution >= 0.6 is 11.8 Å². The molecular weight excluding hydrogens is 471 g/mol. The molecule has 1 N–H and O–H groups in total. The zero-order valence-corrected chi connectivity index (χ0v) is 19.6. The Morgan fingerprint density at radius 3 is 2.49 bits per heavy atom. The Labute approximate surface area is 205 Å². The number of carbonyl (C=O) groups excluding carboxylic acids is 1. The van der Waals surface area contributed by atoms with E-state index in [9.17, 15) is 18.0 Å². The number of benzene rings is 3. The van der Waals surface area contributed by atoms with Gasteiger partial charge in [0, 0.05) is 22.5 Å². The van der Waals surface area contributed by atoms with E-state index in [0.717, 1.165) is 39.5 Å². The van der Waals surface area contributed by atoms with Crippen molar-refractivity contribution in [3.63, 3.8) is 0 Å². The maximum atomic E-state index is 13.6. The third-order valence-corrected chi connectivity index (χ3v) is 6.84. The molecule has 1 atom stereocenters. The summed E-state index contributed by atoms with van der Waals surface area (Å²) >= 11 is 1.63. The monoisotopic (exact) mass is 493 g/mol. The van der Waals surface area contributed by atoms with Crippen LogP contribution in [-0.2, 0) is 12.7 Å². The van der Waals surface area contributed by atoms with E-state index in [1.807, 2.05) is 73.1 Å². The van der Waals surface area contributed by atoms with Gasteiger partial charge in [-0.2, -0.15) is 13.2 Å². The highest BCUT2D eigenvalue weighted by Gasteiger charge is 2.34. The first kappa shape index (κ1) is 23.1. The number of aromatic nitrogens is 1. The summed E-state index contributed by atoms with van der Waals surface area (Å²) in [4.78, 5) is 16.4. The van der Waals surface area contributed by atoms with E-state index in [1.165, 1.54) is 12.1 Å². The molecule has 4 aromatic rings. The number of fused-ring (bicyclic) bond motifs is 3. The predicted octanol–water partition coefficient (Wildman–Crippen LogP) is 7.36. The molecule has 0 spiro atoms. The van der Waals surface area contributed by atoms with Crippen molar-refractivity contribution in [3.8, 4) is 5.69 Å². The summed E-state index contributed by atoms with van der Waals surface area (Å²) in [5, 5.41) is 2.70. The van der Waals surface area contributed by atoms with Crippen LogP contribution in [0.25, 0.3) is 5.69 Å². The molecule has 1 aromatic heterocycles. The summed E-state index contributed by atoms with van der Waals surface area (Å²) in [5.41, 5.74) is 2.99. The number of amides is 2. The first-order valence-corrected chi connectivity index (χ1v) is 12.2. The number of urea groups is 1. The van der Waals surface area contributed by atoms with Crippen LogP contribution in [0.2, 0.25) is 0 Å². The normalized spacial score (nSPS) is 15.2. The van der Waals surface area contributed by atoms with Crippen molar-refractivity contribution in [3.05, 3.63) is 114 Å². The number of rotatable bonds is 3. The average Bonchev–Trinajstić information content (AvgIpc) is 3.28. The highest BCUT2D eigenvalue weighted by atomic mass is 32.2. The van der Waals surface area contributed by atoms with Gasteiger partial charge in [0.25, 0.3) is 0 Å². The Kier molecular flexibility index (Phi) is 6.06. The van der Waals surface area contributed by atoms with E-state index in [1.54, 1.807) is 16.7 Å². The molecule has 1 aliphatic rings. The fraction of sp³-hybridized carbons (Fsp3) is 0.148. The summed E-state index contributed by atoms with van der Waals surface area (Å²) in [7, 11) is 0. The third kappa shape index (κ3) is 4.53. The van der Waals surface area contributed by atoms with Crippen molar-refractivity contribution in [1.29, 1.82) is 0 Å². The van der Waals surface area contributed by atoms with Crippen LogP contribution in [0.3, 0.4) is 0 Å². The zero-order chi connectivity index (χ0) is 24.6. The predicted molar refractivity (Wildman–Crippen MR) is 132 cm³/mol. The maximum absolute atomic E-state index is 13.6. The number of para-hydroxylation sites is 1. The number of nitrogens with one attached hydrogen (secondary N) is 1. The van der Waals surface area contributed by atoms with Crippen molar-refractivity contribution in [1.82, 2.24) is 9.47 Å². The van der Waals surface area contributed by atoms with Crippen LogP contribution in [0.15, 0.2) is 96.0 Å². The lowest BCUT2D eigenvalue weighted by Crippen LogP contribution is -2.38. The van der Waals surface area contributed by atoms with Gasteiger partial charge in [0.15, 0.2) is 0 Å². The Morgan fingerprint density at radius 1 is 0.971 bits per heavy atom.